The number of hydrogen-bond donors (Lipinski definition) is 2. The van der Waals surface area contributed by atoms with E-state index in [0.29, 0.717) is 17.2 Å². The SMILES string of the molecule is COc1cc(C)sc1C(=O)NC(C)C(=O)NCc1ccccc1. The van der Waals surface area contributed by atoms with Crippen LogP contribution in [-0.2, 0) is 11.3 Å². The second-order valence-electron chi connectivity index (χ2n) is 5.15. The highest BCUT2D eigenvalue weighted by Crippen LogP contribution is 2.28. The zero-order valence-corrected chi connectivity index (χ0v) is 14.2. The van der Waals surface area contributed by atoms with E-state index in [-0.39, 0.29) is 11.8 Å². The van der Waals surface area contributed by atoms with Gasteiger partial charge in [-0.05, 0) is 25.5 Å². The van der Waals surface area contributed by atoms with E-state index >= 15 is 0 Å². The lowest BCUT2D eigenvalue weighted by molar-refractivity contribution is -0.122. The van der Waals surface area contributed by atoms with Crippen LogP contribution in [-0.4, -0.2) is 25.0 Å². The van der Waals surface area contributed by atoms with Crippen LogP contribution in [0, 0.1) is 6.92 Å². The highest BCUT2D eigenvalue weighted by atomic mass is 32.1. The topological polar surface area (TPSA) is 67.4 Å². The fourth-order valence-corrected chi connectivity index (χ4v) is 2.95. The first-order valence-electron chi connectivity index (χ1n) is 7.28. The molecule has 0 fully saturated rings. The van der Waals surface area contributed by atoms with Gasteiger partial charge in [0.15, 0.2) is 0 Å². The largest absolute Gasteiger partial charge is 0.495 e. The van der Waals surface area contributed by atoms with Crippen molar-refractivity contribution in [3.63, 3.8) is 0 Å². The lowest BCUT2D eigenvalue weighted by atomic mass is 10.2. The average Bonchev–Trinajstić information content (AvgIpc) is 2.94. The van der Waals surface area contributed by atoms with E-state index in [4.69, 9.17) is 4.74 Å². The molecule has 0 aliphatic carbocycles. The zero-order valence-electron chi connectivity index (χ0n) is 13.4. The molecule has 0 aliphatic rings. The van der Waals surface area contributed by atoms with Crippen LogP contribution in [0.3, 0.4) is 0 Å². The summed E-state index contributed by atoms with van der Waals surface area (Å²) >= 11 is 1.34. The van der Waals surface area contributed by atoms with Crippen molar-refractivity contribution in [2.24, 2.45) is 0 Å². The predicted octanol–water partition coefficient (Wildman–Crippen LogP) is 2.50. The highest BCUT2D eigenvalue weighted by molar-refractivity contribution is 7.14. The number of thiophene rings is 1. The van der Waals surface area contributed by atoms with E-state index in [2.05, 4.69) is 10.6 Å². The molecule has 1 heterocycles. The van der Waals surface area contributed by atoms with Crippen molar-refractivity contribution in [1.82, 2.24) is 10.6 Å². The Balaban J connectivity index is 1.91. The van der Waals surface area contributed by atoms with Crippen molar-refractivity contribution in [3.8, 4) is 5.75 Å². The molecule has 23 heavy (non-hydrogen) atoms. The Morgan fingerprint density at radius 2 is 1.96 bits per heavy atom. The van der Waals surface area contributed by atoms with Crippen LogP contribution in [0.5, 0.6) is 5.75 Å². The van der Waals surface area contributed by atoms with Gasteiger partial charge in [0.05, 0.1) is 7.11 Å². The van der Waals surface area contributed by atoms with Crippen LogP contribution in [0.4, 0.5) is 0 Å². The molecule has 0 saturated heterocycles. The van der Waals surface area contributed by atoms with E-state index in [1.807, 2.05) is 37.3 Å². The first kappa shape index (κ1) is 17.0. The number of nitrogens with one attached hydrogen (secondary N) is 2. The van der Waals surface area contributed by atoms with E-state index in [0.717, 1.165) is 10.4 Å². The van der Waals surface area contributed by atoms with E-state index in [9.17, 15) is 9.59 Å². The van der Waals surface area contributed by atoms with Crippen molar-refractivity contribution in [3.05, 3.63) is 51.7 Å². The molecule has 2 amide bonds. The highest BCUT2D eigenvalue weighted by Gasteiger charge is 2.20. The van der Waals surface area contributed by atoms with Crippen molar-refractivity contribution in [1.29, 1.82) is 0 Å². The zero-order chi connectivity index (χ0) is 16.8. The number of rotatable bonds is 6. The average molecular weight is 332 g/mol. The van der Waals surface area contributed by atoms with Gasteiger partial charge in [0, 0.05) is 11.4 Å². The Hall–Kier alpha value is -2.34. The van der Waals surface area contributed by atoms with Crippen LogP contribution < -0.4 is 15.4 Å². The summed E-state index contributed by atoms with van der Waals surface area (Å²) in [5.41, 5.74) is 1.01. The molecular formula is C17H20N2O3S. The lowest BCUT2D eigenvalue weighted by Crippen LogP contribution is -2.44. The molecule has 0 aliphatic heterocycles. The molecular weight excluding hydrogens is 312 g/mol. The third kappa shape index (κ3) is 4.56. The normalized spacial score (nSPS) is 11.6. The summed E-state index contributed by atoms with van der Waals surface area (Å²) in [4.78, 5) is 25.8. The molecule has 122 valence electrons. The molecule has 1 unspecified atom stereocenters. The van der Waals surface area contributed by atoms with Crippen LogP contribution in [0.25, 0.3) is 0 Å². The summed E-state index contributed by atoms with van der Waals surface area (Å²) < 4.78 is 5.18. The van der Waals surface area contributed by atoms with Gasteiger partial charge in [0.1, 0.15) is 16.7 Å². The smallest absolute Gasteiger partial charge is 0.265 e. The second kappa shape index (κ2) is 7.78. The summed E-state index contributed by atoms with van der Waals surface area (Å²) in [5.74, 6) is -0.00125. The number of aryl methyl sites for hydroxylation is 1. The molecule has 2 N–H and O–H groups in total. The predicted molar refractivity (Wildman–Crippen MR) is 90.8 cm³/mol. The van der Waals surface area contributed by atoms with E-state index in [1.54, 1.807) is 13.0 Å². The minimum Gasteiger partial charge on any atom is -0.495 e. The Bertz CT molecular complexity index is 682. The summed E-state index contributed by atoms with van der Waals surface area (Å²) in [6.45, 7) is 3.99. The van der Waals surface area contributed by atoms with E-state index in [1.165, 1.54) is 18.4 Å². The van der Waals surface area contributed by atoms with Gasteiger partial charge < -0.3 is 15.4 Å². The number of amides is 2. The van der Waals surface area contributed by atoms with Gasteiger partial charge in [0.25, 0.3) is 5.91 Å². The van der Waals surface area contributed by atoms with Gasteiger partial charge in [-0.3, -0.25) is 9.59 Å². The number of carbonyl (C=O) groups excluding carboxylic acids is 2. The molecule has 1 atom stereocenters. The Labute approximate surface area is 139 Å². The number of benzene rings is 1. The fourth-order valence-electron chi connectivity index (χ4n) is 2.07. The Morgan fingerprint density at radius 1 is 1.26 bits per heavy atom. The Morgan fingerprint density at radius 3 is 2.61 bits per heavy atom. The molecule has 2 aromatic rings. The number of ether oxygens (including phenoxy) is 1. The van der Waals surface area contributed by atoms with Crippen LogP contribution in [0.1, 0.15) is 27.0 Å². The summed E-state index contributed by atoms with van der Waals surface area (Å²) in [7, 11) is 1.52. The quantitative estimate of drug-likeness (QED) is 0.854. The molecule has 0 radical (unpaired) electrons. The Kier molecular flexibility index (Phi) is 5.76. The van der Waals surface area contributed by atoms with Crippen LogP contribution in [0.2, 0.25) is 0 Å². The summed E-state index contributed by atoms with van der Waals surface area (Å²) in [5, 5.41) is 5.51. The molecule has 2 rings (SSSR count). The van der Waals surface area contributed by atoms with Gasteiger partial charge in [-0.15, -0.1) is 11.3 Å². The van der Waals surface area contributed by atoms with Crippen LogP contribution in [0.15, 0.2) is 36.4 Å². The lowest BCUT2D eigenvalue weighted by Gasteiger charge is -2.14. The third-order valence-electron chi connectivity index (χ3n) is 3.30. The molecule has 1 aromatic heterocycles. The fraction of sp³-hybridized carbons (Fsp3) is 0.294. The van der Waals surface area contributed by atoms with Gasteiger partial charge in [-0.1, -0.05) is 30.3 Å². The first-order valence-corrected chi connectivity index (χ1v) is 8.10. The van der Waals surface area contributed by atoms with Gasteiger partial charge in [0.2, 0.25) is 5.91 Å². The minimum absolute atomic E-state index is 0.227. The maximum Gasteiger partial charge on any atom is 0.265 e. The molecule has 5 nitrogen and oxygen atoms in total. The molecule has 6 heteroatoms. The number of carbonyl (C=O) groups is 2. The van der Waals surface area contributed by atoms with Crippen molar-refractivity contribution in [2.75, 3.05) is 7.11 Å². The minimum atomic E-state index is -0.627. The molecule has 0 bridgehead atoms. The van der Waals surface area contributed by atoms with Gasteiger partial charge in [-0.2, -0.15) is 0 Å². The monoisotopic (exact) mass is 332 g/mol. The maximum absolute atomic E-state index is 12.3. The molecule has 0 saturated carbocycles. The van der Waals surface area contributed by atoms with Crippen molar-refractivity contribution < 1.29 is 14.3 Å². The summed E-state index contributed by atoms with van der Waals surface area (Å²) in [6.07, 6.45) is 0. The third-order valence-corrected chi connectivity index (χ3v) is 4.33. The van der Waals surface area contributed by atoms with Gasteiger partial charge in [-0.25, -0.2) is 0 Å². The summed E-state index contributed by atoms with van der Waals surface area (Å²) in [6, 6.07) is 10.8. The number of hydrogen-bond acceptors (Lipinski definition) is 4. The van der Waals surface area contributed by atoms with Gasteiger partial charge >= 0.3 is 0 Å². The van der Waals surface area contributed by atoms with Crippen molar-refractivity contribution in [2.45, 2.75) is 26.4 Å². The second-order valence-corrected chi connectivity index (χ2v) is 6.41. The standard InChI is InChI=1S/C17H20N2O3S/c1-11-9-14(22-3)15(23-11)17(21)19-12(2)16(20)18-10-13-7-5-4-6-8-13/h4-9,12H,10H2,1-3H3,(H,18,20)(H,19,21). The molecule has 0 spiro atoms. The van der Waals surface area contributed by atoms with Crippen LogP contribution >= 0.6 is 11.3 Å². The maximum atomic E-state index is 12.3. The van der Waals surface area contributed by atoms with E-state index < -0.39 is 6.04 Å². The first-order chi connectivity index (χ1) is 11.0. The van der Waals surface area contributed by atoms with Crippen molar-refractivity contribution >= 4 is 23.2 Å². The molecule has 1 aromatic carbocycles. The number of methoxy groups -OCH3 is 1.